The SMILES string of the molecule is COc1ccccc1C(NC(=O)CNc1ccc(C#N)cc1)c1nccn1C. The highest BCUT2D eigenvalue weighted by molar-refractivity contribution is 5.81. The quantitative estimate of drug-likeness (QED) is 0.662. The Morgan fingerprint density at radius 2 is 2.00 bits per heavy atom. The molecule has 0 radical (unpaired) electrons. The number of amides is 1. The number of anilines is 1. The summed E-state index contributed by atoms with van der Waals surface area (Å²) >= 11 is 0. The monoisotopic (exact) mass is 375 g/mol. The molecule has 28 heavy (non-hydrogen) atoms. The standard InChI is InChI=1S/C21H21N5O2/c1-26-12-11-23-21(26)20(17-5-3-4-6-18(17)28-2)25-19(27)14-24-16-9-7-15(13-22)8-10-16/h3-12,20,24H,14H2,1-2H3,(H,25,27). The number of nitrogens with one attached hydrogen (secondary N) is 2. The van der Waals surface area contributed by atoms with Gasteiger partial charge < -0.3 is 19.9 Å². The van der Waals surface area contributed by atoms with Gasteiger partial charge in [-0.2, -0.15) is 5.26 Å². The number of benzene rings is 2. The summed E-state index contributed by atoms with van der Waals surface area (Å²) in [7, 11) is 3.48. The zero-order chi connectivity index (χ0) is 19.9. The second-order valence-electron chi connectivity index (χ2n) is 6.18. The lowest BCUT2D eigenvalue weighted by atomic mass is 10.0. The Morgan fingerprint density at radius 3 is 2.64 bits per heavy atom. The highest BCUT2D eigenvalue weighted by Crippen LogP contribution is 2.28. The maximum Gasteiger partial charge on any atom is 0.240 e. The number of rotatable bonds is 7. The first-order chi connectivity index (χ1) is 13.6. The molecular weight excluding hydrogens is 354 g/mol. The van der Waals surface area contributed by atoms with E-state index in [1.54, 1.807) is 37.6 Å². The molecule has 1 unspecified atom stereocenters. The maximum absolute atomic E-state index is 12.6. The molecule has 1 aromatic heterocycles. The highest BCUT2D eigenvalue weighted by Gasteiger charge is 2.23. The van der Waals surface area contributed by atoms with Gasteiger partial charge in [-0.1, -0.05) is 18.2 Å². The molecule has 0 saturated heterocycles. The third-order valence-corrected chi connectivity index (χ3v) is 4.34. The van der Waals surface area contributed by atoms with Gasteiger partial charge in [-0.15, -0.1) is 0 Å². The number of carbonyl (C=O) groups is 1. The van der Waals surface area contributed by atoms with Crippen molar-refractivity contribution in [2.75, 3.05) is 19.0 Å². The molecular formula is C21H21N5O2. The fourth-order valence-electron chi connectivity index (χ4n) is 2.90. The summed E-state index contributed by atoms with van der Waals surface area (Å²) in [6.07, 6.45) is 3.53. The van der Waals surface area contributed by atoms with Gasteiger partial charge in [0.1, 0.15) is 17.6 Å². The molecule has 0 aliphatic heterocycles. The Bertz CT molecular complexity index is 989. The van der Waals surface area contributed by atoms with Crippen molar-refractivity contribution in [1.82, 2.24) is 14.9 Å². The van der Waals surface area contributed by atoms with Crippen LogP contribution < -0.4 is 15.4 Å². The van der Waals surface area contributed by atoms with Gasteiger partial charge in [0.2, 0.25) is 5.91 Å². The predicted molar refractivity (Wildman–Crippen MR) is 106 cm³/mol. The Morgan fingerprint density at radius 1 is 1.25 bits per heavy atom. The number of para-hydroxylation sites is 1. The minimum atomic E-state index is -0.452. The van der Waals surface area contributed by atoms with E-state index in [1.807, 2.05) is 42.1 Å². The predicted octanol–water partition coefficient (Wildman–Crippen LogP) is 2.62. The number of nitrogens with zero attached hydrogens (tertiary/aromatic N) is 3. The van der Waals surface area contributed by atoms with E-state index < -0.39 is 6.04 Å². The molecule has 7 heteroatoms. The first kappa shape index (κ1) is 19.0. The van der Waals surface area contributed by atoms with Crippen molar-refractivity contribution in [3.8, 4) is 11.8 Å². The van der Waals surface area contributed by atoms with Crippen LogP contribution in [0.15, 0.2) is 60.9 Å². The number of nitriles is 1. The van der Waals surface area contributed by atoms with Crippen LogP contribution in [-0.2, 0) is 11.8 Å². The van der Waals surface area contributed by atoms with E-state index in [2.05, 4.69) is 21.7 Å². The van der Waals surface area contributed by atoms with Gasteiger partial charge in [0.05, 0.1) is 25.3 Å². The number of hydrogen-bond donors (Lipinski definition) is 2. The molecule has 0 aliphatic carbocycles. The molecule has 0 saturated carbocycles. The molecule has 1 atom stereocenters. The van der Waals surface area contributed by atoms with Crippen LogP contribution in [0, 0.1) is 11.3 Å². The molecule has 0 aliphatic rings. The second kappa shape index (κ2) is 8.73. The van der Waals surface area contributed by atoms with Gasteiger partial charge >= 0.3 is 0 Å². The average Bonchev–Trinajstić information content (AvgIpc) is 3.16. The molecule has 0 fully saturated rings. The van der Waals surface area contributed by atoms with Crippen molar-refractivity contribution in [3.05, 3.63) is 77.9 Å². The Hall–Kier alpha value is -3.79. The Kier molecular flexibility index (Phi) is 5.92. The number of ether oxygens (including phenoxy) is 1. The van der Waals surface area contributed by atoms with Crippen LogP contribution in [0.25, 0.3) is 0 Å². The Balaban J connectivity index is 1.76. The lowest BCUT2D eigenvalue weighted by Gasteiger charge is -2.21. The molecule has 3 aromatic rings. The largest absolute Gasteiger partial charge is 0.496 e. The van der Waals surface area contributed by atoms with Crippen LogP contribution in [0.4, 0.5) is 5.69 Å². The minimum Gasteiger partial charge on any atom is -0.496 e. The molecule has 1 heterocycles. The van der Waals surface area contributed by atoms with Crippen molar-refractivity contribution in [2.24, 2.45) is 7.05 Å². The van der Waals surface area contributed by atoms with Gasteiger partial charge in [0.15, 0.2) is 0 Å². The van der Waals surface area contributed by atoms with E-state index in [9.17, 15) is 4.79 Å². The van der Waals surface area contributed by atoms with Gasteiger partial charge in [-0.05, 0) is 30.3 Å². The summed E-state index contributed by atoms with van der Waals surface area (Å²) < 4.78 is 7.33. The zero-order valence-corrected chi connectivity index (χ0v) is 15.7. The summed E-state index contributed by atoms with van der Waals surface area (Å²) in [6.45, 7) is 0.0853. The molecule has 2 N–H and O–H groups in total. The summed E-state index contributed by atoms with van der Waals surface area (Å²) in [6, 6.07) is 16.1. The van der Waals surface area contributed by atoms with Crippen molar-refractivity contribution in [2.45, 2.75) is 6.04 Å². The molecule has 0 bridgehead atoms. The van der Waals surface area contributed by atoms with E-state index in [0.717, 1.165) is 11.3 Å². The molecule has 142 valence electrons. The van der Waals surface area contributed by atoms with E-state index in [1.165, 1.54) is 0 Å². The fourth-order valence-corrected chi connectivity index (χ4v) is 2.90. The highest BCUT2D eigenvalue weighted by atomic mass is 16.5. The van der Waals surface area contributed by atoms with E-state index in [0.29, 0.717) is 17.1 Å². The van der Waals surface area contributed by atoms with E-state index >= 15 is 0 Å². The lowest BCUT2D eigenvalue weighted by Crippen LogP contribution is -2.35. The first-order valence-corrected chi connectivity index (χ1v) is 8.76. The number of aryl methyl sites for hydroxylation is 1. The number of hydrogen-bond acceptors (Lipinski definition) is 5. The van der Waals surface area contributed by atoms with E-state index in [-0.39, 0.29) is 12.5 Å². The molecule has 7 nitrogen and oxygen atoms in total. The number of methoxy groups -OCH3 is 1. The van der Waals surface area contributed by atoms with Crippen molar-refractivity contribution in [3.63, 3.8) is 0 Å². The molecule has 2 aromatic carbocycles. The van der Waals surface area contributed by atoms with Crippen LogP contribution in [0.2, 0.25) is 0 Å². The number of carbonyl (C=O) groups excluding carboxylic acids is 1. The maximum atomic E-state index is 12.6. The summed E-state index contributed by atoms with van der Waals surface area (Å²) in [5.74, 6) is 1.19. The van der Waals surface area contributed by atoms with Crippen LogP contribution >= 0.6 is 0 Å². The van der Waals surface area contributed by atoms with Crippen LogP contribution in [0.3, 0.4) is 0 Å². The van der Waals surface area contributed by atoms with Crippen molar-refractivity contribution in [1.29, 1.82) is 5.26 Å². The fraction of sp³-hybridized carbons (Fsp3) is 0.190. The molecule has 0 spiro atoms. The van der Waals surface area contributed by atoms with Crippen LogP contribution in [0.1, 0.15) is 23.0 Å². The minimum absolute atomic E-state index is 0.0853. The smallest absolute Gasteiger partial charge is 0.240 e. The lowest BCUT2D eigenvalue weighted by molar-refractivity contribution is -0.119. The van der Waals surface area contributed by atoms with Gasteiger partial charge in [-0.25, -0.2) is 4.98 Å². The van der Waals surface area contributed by atoms with E-state index in [4.69, 9.17) is 10.00 Å². The summed E-state index contributed by atoms with van der Waals surface area (Å²) in [4.78, 5) is 17.0. The third kappa shape index (κ3) is 4.30. The average molecular weight is 375 g/mol. The van der Waals surface area contributed by atoms with Crippen LogP contribution in [-0.4, -0.2) is 29.1 Å². The second-order valence-corrected chi connectivity index (χ2v) is 6.18. The Labute approximate surface area is 163 Å². The first-order valence-electron chi connectivity index (χ1n) is 8.76. The zero-order valence-electron chi connectivity index (χ0n) is 15.7. The summed E-state index contributed by atoms with van der Waals surface area (Å²) in [5.41, 5.74) is 2.16. The number of imidazole rings is 1. The molecule has 1 amide bonds. The topological polar surface area (TPSA) is 92.0 Å². The van der Waals surface area contributed by atoms with Crippen molar-refractivity contribution >= 4 is 11.6 Å². The molecule has 3 rings (SSSR count). The van der Waals surface area contributed by atoms with Gasteiger partial charge in [0.25, 0.3) is 0 Å². The van der Waals surface area contributed by atoms with Gasteiger partial charge in [0, 0.05) is 30.7 Å². The summed E-state index contributed by atoms with van der Waals surface area (Å²) in [5, 5.41) is 14.9. The van der Waals surface area contributed by atoms with Gasteiger partial charge in [-0.3, -0.25) is 4.79 Å². The number of aromatic nitrogens is 2. The normalized spacial score (nSPS) is 11.3. The van der Waals surface area contributed by atoms with Crippen molar-refractivity contribution < 1.29 is 9.53 Å². The van der Waals surface area contributed by atoms with Crippen LogP contribution in [0.5, 0.6) is 5.75 Å². The third-order valence-electron chi connectivity index (χ3n) is 4.34.